The number of carbonyl (C=O) groups is 1. The van der Waals surface area contributed by atoms with Crippen molar-refractivity contribution >= 4 is 17.5 Å². The largest absolute Gasteiger partial charge is 0.361 e. The van der Waals surface area contributed by atoms with Crippen LogP contribution >= 0.6 is 11.6 Å². The number of aromatic nitrogens is 1. The van der Waals surface area contributed by atoms with Crippen molar-refractivity contribution in [1.82, 2.24) is 10.1 Å². The number of rotatable bonds is 3. The van der Waals surface area contributed by atoms with E-state index in [0.717, 1.165) is 11.5 Å². The molecule has 1 aromatic rings. The molecule has 0 aromatic carbocycles. The Kier molecular flexibility index (Phi) is 3.31. The van der Waals surface area contributed by atoms with Gasteiger partial charge in [-0.15, -0.1) is 11.6 Å². The fourth-order valence-corrected chi connectivity index (χ4v) is 1.13. The number of alkyl halides is 1. The van der Waals surface area contributed by atoms with Crippen LogP contribution in [0.15, 0.2) is 10.6 Å². The minimum Gasteiger partial charge on any atom is -0.361 e. The second-order valence-electron chi connectivity index (χ2n) is 2.81. The Bertz CT molecular complexity index is 298. The zero-order valence-electron chi connectivity index (χ0n) is 7.58. The molecule has 0 bridgehead atoms. The topological polar surface area (TPSA) is 46.3 Å². The minimum atomic E-state index is -0.123. The van der Waals surface area contributed by atoms with Gasteiger partial charge in [-0.05, 0) is 6.92 Å². The molecule has 5 heteroatoms. The highest BCUT2D eigenvalue weighted by atomic mass is 35.5. The molecule has 72 valence electrons. The Morgan fingerprint density at radius 2 is 2.46 bits per heavy atom. The molecule has 0 fully saturated rings. The maximum atomic E-state index is 11.1. The van der Waals surface area contributed by atoms with Crippen molar-refractivity contribution in [3.05, 3.63) is 17.5 Å². The van der Waals surface area contributed by atoms with Gasteiger partial charge in [-0.3, -0.25) is 4.79 Å². The summed E-state index contributed by atoms with van der Waals surface area (Å²) >= 11 is 5.38. The molecule has 0 aliphatic carbocycles. The number of halogens is 1. The van der Waals surface area contributed by atoms with Gasteiger partial charge in [0.2, 0.25) is 5.91 Å². The summed E-state index contributed by atoms with van der Waals surface area (Å²) < 4.78 is 4.86. The van der Waals surface area contributed by atoms with Crippen LogP contribution in [-0.2, 0) is 11.3 Å². The number of hydrogen-bond acceptors (Lipinski definition) is 3. The lowest BCUT2D eigenvalue weighted by Gasteiger charge is -2.12. The van der Waals surface area contributed by atoms with Crippen molar-refractivity contribution in [2.45, 2.75) is 13.5 Å². The molecule has 0 unspecified atom stereocenters. The lowest BCUT2D eigenvalue weighted by molar-refractivity contribution is -0.127. The zero-order chi connectivity index (χ0) is 9.84. The monoisotopic (exact) mass is 202 g/mol. The van der Waals surface area contributed by atoms with Crippen molar-refractivity contribution in [1.29, 1.82) is 0 Å². The molecular weight excluding hydrogens is 192 g/mol. The van der Waals surface area contributed by atoms with Gasteiger partial charge in [0.05, 0.1) is 6.54 Å². The summed E-state index contributed by atoms with van der Waals surface area (Å²) in [4.78, 5) is 12.6. The number of nitrogens with zero attached hydrogens (tertiary/aromatic N) is 2. The van der Waals surface area contributed by atoms with Crippen LogP contribution in [-0.4, -0.2) is 28.9 Å². The molecule has 0 N–H and O–H groups in total. The Labute approximate surface area is 81.4 Å². The molecule has 0 aliphatic rings. The maximum absolute atomic E-state index is 11.1. The lowest BCUT2D eigenvalue weighted by atomic mass is 10.3. The Hall–Kier alpha value is -1.03. The molecular formula is C8H11ClN2O2. The fourth-order valence-electron chi connectivity index (χ4n) is 0.926. The molecule has 0 atom stereocenters. The average Bonchev–Trinajstić information content (AvgIpc) is 2.49. The summed E-state index contributed by atoms with van der Waals surface area (Å²) in [6.07, 6.45) is 0. The highest BCUT2D eigenvalue weighted by Crippen LogP contribution is 2.04. The molecule has 4 nitrogen and oxygen atoms in total. The highest BCUT2D eigenvalue weighted by Gasteiger charge is 2.09. The fraction of sp³-hybridized carbons (Fsp3) is 0.500. The average molecular weight is 203 g/mol. The van der Waals surface area contributed by atoms with E-state index < -0.39 is 0 Å². The smallest absolute Gasteiger partial charge is 0.237 e. The van der Waals surface area contributed by atoms with Gasteiger partial charge in [-0.2, -0.15) is 0 Å². The van der Waals surface area contributed by atoms with Gasteiger partial charge in [0.25, 0.3) is 0 Å². The molecule has 0 saturated carbocycles. The van der Waals surface area contributed by atoms with Gasteiger partial charge in [0.15, 0.2) is 0 Å². The van der Waals surface area contributed by atoms with Crippen molar-refractivity contribution in [3.8, 4) is 0 Å². The van der Waals surface area contributed by atoms with Crippen molar-refractivity contribution in [3.63, 3.8) is 0 Å². The number of amides is 1. The van der Waals surface area contributed by atoms with Crippen molar-refractivity contribution < 1.29 is 9.32 Å². The first-order valence-electron chi connectivity index (χ1n) is 3.85. The van der Waals surface area contributed by atoms with Crippen molar-refractivity contribution in [2.24, 2.45) is 0 Å². The maximum Gasteiger partial charge on any atom is 0.237 e. The Morgan fingerprint density at radius 1 is 1.77 bits per heavy atom. The third-order valence-electron chi connectivity index (χ3n) is 1.62. The quantitative estimate of drug-likeness (QED) is 0.692. The lowest BCUT2D eigenvalue weighted by Crippen LogP contribution is -2.27. The standard InChI is InChI=1S/C8H11ClN2O2/c1-6-3-7(10-13-6)5-11(2)8(12)4-9/h3H,4-5H2,1-2H3. The van der Waals surface area contributed by atoms with E-state index in [0.29, 0.717) is 6.54 Å². The van der Waals surface area contributed by atoms with E-state index in [1.807, 2.05) is 0 Å². The van der Waals surface area contributed by atoms with Crippen LogP contribution in [0, 0.1) is 6.92 Å². The van der Waals surface area contributed by atoms with E-state index in [1.165, 1.54) is 4.90 Å². The van der Waals surface area contributed by atoms with E-state index in [1.54, 1.807) is 20.0 Å². The summed E-state index contributed by atoms with van der Waals surface area (Å²) in [5, 5.41) is 3.76. The van der Waals surface area contributed by atoms with Crippen LogP contribution in [0.25, 0.3) is 0 Å². The first kappa shape index (κ1) is 10.1. The summed E-state index contributed by atoms with van der Waals surface area (Å²) in [6.45, 7) is 2.24. The van der Waals surface area contributed by atoms with Crippen LogP contribution in [0.4, 0.5) is 0 Å². The molecule has 1 heterocycles. The zero-order valence-corrected chi connectivity index (χ0v) is 8.34. The van der Waals surface area contributed by atoms with Crippen LogP contribution in [0.2, 0.25) is 0 Å². The molecule has 0 radical (unpaired) electrons. The first-order valence-corrected chi connectivity index (χ1v) is 4.39. The van der Waals surface area contributed by atoms with E-state index >= 15 is 0 Å². The first-order chi connectivity index (χ1) is 6.13. The van der Waals surface area contributed by atoms with Gasteiger partial charge in [0.1, 0.15) is 17.3 Å². The molecule has 0 spiro atoms. The third-order valence-corrected chi connectivity index (χ3v) is 1.84. The van der Waals surface area contributed by atoms with Gasteiger partial charge in [-0.25, -0.2) is 0 Å². The summed E-state index contributed by atoms with van der Waals surface area (Å²) in [6, 6.07) is 1.79. The number of hydrogen-bond donors (Lipinski definition) is 0. The Balaban J connectivity index is 2.54. The Morgan fingerprint density at radius 3 is 2.92 bits per heavy atom. The SMILES string of the molecule is Cc1cc(CN(C)C(=O)CCl)no1. The molecule has 13 heavy (non-hydrogen) atoms. The summed E-state index contributed by atoms with van der Waals surface area (Å²) in [7, 11) is 1.68. The number of aryl methyl sites for hydroxylation is 1. The van der Waals surface area contributed by atoms with Crippen LogP contribution in [0.1, 0.15) is 11.5 Å². The highest BCUT2D eigenvalue weighted by molar-refractivity contribution is 6.27. The second kappa shape index (κ2) is 4.28. The van der Waals surface area contributed by atoms with E-state index in [-0.39, 0.29) is 11.8 Å². The predicted molar refractivity (Wildman–Crippen MR) is 48.4 cm³/mol. The van der Waals surface area contributed by atoms with E-state index in [9.17, 15) is 4.79 Å². The van der Waals surface area contributed by atoms with Gasteiger partial charge >= 0.3 is 0 Å². The molecule has 1 aromatic heterocycles. The van der Waals surface area contributed by atoms with E-state index in [2.05, 4.69) is 5.16 Å². The predicted octanol–water partition coefficient (Wildman–Crippen LogP) is 1.18. The number of carbonyl (C=O) groups excluding carboxylic acids is 1. The van der Waals surface area contributed by atoms with Crippen LogP contribution in [0.3, 0.4) is 0 Å². The van der Waals surface area contributed by atoms with Crippen molar-refractivity contribution in [2.75, 3.05) is 12.9 Å². The molecule has 0 saturated heterocycles. The van der Waals surface area contributed by atoms with Crippen LogP contribution in [0.5, 0.6) is 0 Å². The molecule has 1 rings (SSSR count). The third kappa shape index (κ3) is 2.73. The summed E-state index contributed by atoms with van der Waals surface area (Å²) in [5.41, 5.74) is 0.735. The summed E-state index contributed by atoms with van der Waals surface area (Å²) in [5.74, 6) is 0.608. The van der Waals surface area contributed by atoms with E-state index in [4.69, 9.17) is 16.1 Å². The second-order valence-corrected chi connectivity index (χ2v) is 3.08. The minimum absolute atomic E-state index is 0.00661. The van der Waals surface area contributed by atoms with Crippen LogP contribution < -0.4 is 0 Å². The van der Waals surface area contributed by atoms with Gasteiger partial charge < -0.3 is 9.42 Å². The molecule has 0 aliphatic heterocycles. The molecule has 1 amide bonds. The van der Waals surface area contributed by atoms with Gasteiger partial charge in [-0.1, -0.05) is 5.16 Å². The van der Waals surface area contributed by atoms with Gasteiger partial charge in [0, 0.05) is 13.1 Å². The normalized spacial score (nSPS) is 10.1.